The summed E-state index contributed by atoms with van der Waals surface area (Å²) in [6.45, 7) is 0. The fraction of sp³-hybridized carbons (Fsp3) is 0.111. The van der Waals surface area contributed by atoms with Crippen molar-refractivity contribution >= 4 is 0 Å². The quantitative estimate of drug-likeness (QED) is 0.712. The van der Waals surface area contributed by atoms with Crippen LogP contribution in [0.15, 0.2) is 27.8 Å². The zero-order valence-corrected chi connectivity index (χ0v) is 8.35. The molecule has 0 fully saturated rings. The van der Waals surface area contributed by atoms with Gasteiger partial charge in [0.1, 0.15) is 5.69 Å². The molecule has 7 nitrogen and oxygen atoms in total. The normalized spacial score (nSPS) is 10.1. The lowest BCUT2D eigenvalue weighted by atomic mass is 10.3. The maximum atomic E-state index is 11.0. The van der Waals surface area contributed by atoms with Crippen LogP contribution in [0.4, 0.5) is 0 Å². The number of ether oxygens (including phenoxy) is 1. The molecule has 2 rings (SSSR count). The van der Waals surface area contributed by atoms with Gasteiger partial charge in [-0.05, 0) is 6.07 Å². The zero-order valence-electron chi connectivity index (χ0n) is 8.35. The average molecular weight is 220 g/mol. The first kappa shape index (κ1) is 10.1. The highest BCUT2D eigenvalue weighted by Gasteiger charge is 2.04. The summed E-state index contributed by atoms with van der Waals surface area (Å²) in [5.74, 6) is 0.480. The number of hydrogen-bond donors (Lipinski definition) is 2. The molecule has 0 saturated carbocycles. The molecule has 0 aromatic carbocycles. The van der Waals surface area contributed by atoms with Gasteiger partial charge in [-0.3, -0.25) is 9.97 Å². The smallest absolute Gasteiger partial charge is 0.351 e. The Morgan fingerprint density at radius 3 is 2.69 bits per heavy atom. The van der Waals surface area contributed by atoms with Crippen LogP contribution in [0.2, 0.25) is 0 Å². The monoisotopic (exact) mass is 220 g/mol. The lowest BCUT2D eigenvalue weighted by Gasteiger charge is -2.01. The van der Waals surface area contributed by atoms with Gasteiger partial charge in [-0.15, -0.1) is 0 Å². The average Bonchev–Trinajstić information content (AvgIpc) is 2.28. The van der Waals surface area contributed by atoms with E-state index in [1.54, 1.807) is 18.2 Å². The van der Waals surface area contributed by atoms with Gasteiger partial charge < -0.3 is 4.74 Å². The summed E-state index contributed by atoms with van der Waals surface area (Å²) < 4.78 is 4.92. The van der Waals surface area contributed by atoms with Crippen LogP contribution in [0.25, 0.3) is 11.5 Å². The first-order valence-electron chi connectivity index (χ1n) is 4.41. The molecule has 0 atom stereocenters. The molecule has 0 aliphatic heterocycles. The van der Waals surface area contributed by atoms with Crippen LogP contribution < -0.4 is 16.1 Å². The lowest BCUT2D eigenvalue weighted by molar-refractivity contribution is 0.398. The predicted octanol–water partition coefficient (Wildman–Crippen LogP) is -0.471. The van der Waals surface area contributed by atoms with Crippen molar-refractivity contribution in [2.24, 2.45) is 0 Å². The van der Waals surface area contributed by atoms with Gasteiger partial charge in [0.25, 0.3) is 0 Å². The van der Waals surface area contributed by atoms with Crippen molar-refractivity contribution < 1.29 is 4.74 Å². The van der Waals surface area contributed by atoms with E-state index < -0.39 is 11.4 Å². The summed E-state index contributed by atoms with van der Waals surface area (Å²) in [5.41, 5.74) is -0.981. The van der Waals surface area contributed by atoms with Gasteiger partial charge >= 0.3 is 11.4 Å². The van der Waals surface area contributed by atoms with Crippen LogP contribution in [-0.2, 0) is 0 Å². The predicted molar refractivity (Wildman–Crippen MR) is 55.3 cm³/mol. The van der Waals surface area contributed by atoms with Gasteiger partial charge in [0.15, 0.2) is 5.82 Å². The number of nitrogens with one attached hydrogen (secondary N) is 2. The Morgan fingerprint density at radius 2 is 2.00 bits per heavy atom. The van der Waals surface area contributed by atoms with Crippen LogP contribution in [0.3, 0.4) is 0 Å². The van der Waals surface area contributed by atoms with Gasteiger partial charge in [-0.25, -0.2) is 14.6 Å². The van der Waals surface area contributed by atoms with Gasteiger partial charge in [-0.1, -0.05) is 6.07 Å². The Morgan fingerprint density at radius 1 is 1.19 bits per heavy atom. The molecule has 16 heavy (non-hydrogen) atoms. The van der Waals surface area contributed by atoms with Crippen molar-refractivity contribution in [2.75, 3.05) is 7.11 Å². The molecule has 0 aliphatic rings. The molecule has 2 aromatic rings. The van der Waals surface area contributed by atoms with Gasteiger partial charge in [0, 0.05) is 6.07 Å². The fourth-order valence-corrected chi connectivity index (χ4v) is 1.18. The molecule has 2 heterocycles. The van der Waals surface area contributed by atoms with E-state index in [4.69, 9.17) is 4.74 Å². The standard InChI is InChI=1S/C9H8N4O3/c1-16-6-4-2-3-5(10-6)7-11-8(14)13-9(15)12-7/h2-4H,1H3,(H2,11,12,13,14,15). The van der Waals surface area contributed by atoms with E-state index in [2.05, 4.69) is 15.0 Å². The molecule has 0 aliphatic carbocycles. The maximum absolute atomic E-state index is 11.0. The maximum Gasteiger partial charge on any atom is 0.351 e. The zero-order chi connectivity index (χ0) is 11.5. The fourth-order valence-electron chi connectivity index (χ4n) is 1.18. The molecule has 2 aromatic heterocycles. The minimum absolute atomic E-state index is 0.104. The second kappa shape index (κ2) is 3.97. The van der Waals surface area contributed by atoms with Gasteiger partial charge in [-0.2, -0.15) is 4.98 Å². The minimum atomic E-state index is -0.719. The SMILES string of the molecule is COc1cccc(-c2nc(=O)[nH]c(=O)[nH]2)n1. The molecular formula is C9H8N4O3. The van der Waals surface area contributed by atoms with Crippen molar-refractivity contribution in [1.82, 2.24) is 19.9 Å². The molecule has 0 saturated heterocycles. The van der Waals surface area contributed by atoms with Crippen LogP contribution in [0.1, 0.15) is 0 Å². The number of aromatic nitrogens is 4. The second-order valence-electron chi connectivity index (χ2n) is 2.91. The molecule has 82 valence electrons. The van der Waals surface area contributed by atoms with E-state index in [0.717, 1.165) is 0 Å². The highest BCUT2D eigenvalue weighted by molar-refractivity contribution is 5.48. The number of H-pyrrole nitrogens is 2. The number of methoxy groups -OCH3 is 1. The molecule has 0 amide bonds. The van der Waals surface area contributed by atoms with E-state index in [-0.39, 0.29) is 5.82 Å². The van der Waals surface area contributed by atoms with Crippen molar-refractivity contribution in [1.29, 1.82) is 0 Å². The summed E-state index contributed by atoms with van der Waals surface area (Å²) in [5, 5.41) is 0. The molecular weight excluding hydrogens is 212 g/mol. The Labute approximate surface area is 89.2 Å². The number of nitrogens with zero attached hydrogens (tertiary/aromatic N) is 2. The summed E-state index contributed by atoms with van der Waals surface area (Å²) >= 11 is 0. The highest BCUT2D eigenvalue weighted by Crippen LogP contribution is 2.13. The van der Waals surface area contributed by atoms with Crippen LogP contribution in [0.5, 0.6) is 5.88 Å². The van der Waals surface area contributed by atoms with Crippen molar-refractivity contribution in [3.05, 3.63) is 39.2 Å². The van der Waals surface area contributed by atoms with E-state index >= 15 is 0 Å². The second-order valence-corrected chi connectivity index (χ2v) is 2.91. The first-order chi connectivity index (χ1) is 7.69. The molecule has 0 unspecified atom stereocenters. The van der Waals surface area contributed by atoms with E-state index in [9.17, 15) is 9.59 Å². The summed E-state index contributed by atoms with van der Waals surface area (Å²) in [6.07, 6.45) is 0. The van der Waals surface area contributed by atoms with Crippen molar-refractivity contribution in [2.45, 2.75) is 0 Å². The Bertz CT molecular complexity index is 588. The largest absolute Gasteiger partial charge is 0.481 e. The van der Waals surface area contributed by atoms with Gasteiger partial charge in [0.05, 0.1) is 7.11 Å². The topological polar surface area (TPSA) is 101 Å². The third kappa shape index (κ3) is 1.97. The molecule has 7 heteroatoms. The third-order valence-electron chi connectivity index (χ3n) is 1.84. The number of aromatic amines is 2. The van der Waals surface area contributed by atoms with E-state index in [1.807, 2.05) is 4.98 Å². The molecule has 0 spiro atoms. The van der Waals surface area contributed by atoms with Crippen LogP contribution in [-0.4, -0.2) is 27.0 Å². The Kier molecular flexibility index (Phi) is 2.50. The highest BCUT2D eigenvalue weighted by atomic mass is 16.5. The molecule has 0 radical (unpaired) electrons. The number of rotatable bonds is 2. The summed E-state index contributed by atoms with van der Waals surface area (Å²) in [6, 6.07) is 4.94. The minimum Gasteiger partial charge on any atom is -0.481 e. The van der Waals surface area contributed by atoms with Crippen molar-refractivity contribution in [3.63, 3.8) is 0 Å². The van der Waals surface area contributed by atoms with E-state index in [0.29, 0.717) is 11.6 Å². The Hall–Kier alpha value is -2.44. The number of pyridine rings is 1. The van der Waals surface area contributed by atoms with Crippen molar-refractivity contribution in [3.8, 4) is 17.4 Å². The van der Waals surface area contributed by atoms with Gasteiger partial charge in [0.2, 0.25) is 5.88 Å². The van der Waals surface area contributed by atoms with Crippen LogP contribution in [0, 0.1) is 0 Å². The number of hydrogen-bond acceptors (Lipinski definition) is 5. The summed E-state index contributed by atoms with van der Waals surface area (Å²) in [7, 11) is 1.47. The van der Waals surface area contributed by atoms with E-state index in [1.165, 1.54) is 7.11 Å². The lowest BCUT2D eigenvalue weighted by Crippen LogP contribution is -2.25. The first-order valence-corrected chi connectivity index (χ1v) is 4.41. The third-order valence-corrected chi connectivity index (χ3v) is 1.84. The van der Waals surface area contributed by atoms with Crippen LogP contribution >= 0.6 is 0 Å². The Balaban J connectivity index is 2.58. The molecule has 2 N–H and O–H groups in total. The summed E-state index contributed by atoms with van der Waals surface area (Å²) in [4.78, 5) is 34.0. The molecule has 0 bridgehead atoms.